The summed E-state index contributed by atoms with van der Waals surface area (Å²) in [5.74, 6) is 0.170. The highest BCUT2D eigenvalue weighted by Crippen LogP contribution is 2.74. The predicted molar refractivity (Wildman–Crippen MR) is 140 cm³/mol. The molecule has 4 aliphatic carbocycles. The molecule has 0 spiro atoms. The molecule has 4 fully saturated rings. The topological polar surface area (TPSA) is 89.9 Å². The minimum atomic E-state index is -1.12. The number of aliphatic hydroxyl groups is 1. The Bertz CT molecular complexity index is 1070. The fourth-order valence-electron chi connectivity index (χ4n) is 9.84. The van der Waals surface area contributed by atoms with Crippen molar-refractivity contribution < 1.29 is 29.0 Å². The van der Waals surface area contributed by atoms with Crippen LogP contribution in [-0.2, 0) is 23.9 Å². The zero-order valence-electron chi connectivity index (χ0n) is 24.1. The second-order valence-electron chi connectivity index (χ2n) is 14.7. The van der Waals surface area contributed by atoms with E-state index < -0.39 is 34.1 Å². The van der Waals surface area contributed by atoms with E-state index in [0.29, 0.717) is 12.8 Å². The third kappa shape index (κ3) is 3.37. The molecule has 0 aromatic rings. The normalized spacial score (nSPS) is 49.4. The number of hydrogen-bond acceptors (Lipinski definition) is 6. The molecule has 5 rings (SSSR count). The maximum absolute atomic E-state index is 14.4. The van der Waals surface area contributed by atoms with Gasteiger partial charge in [0.25, 0.3) is 0 Å². The van der Waals surface area contributed by atoms with Crippen molar-refractivity contribution in [2.45, 2.75) is 111 Å². The molecule has 1 aliphatic heterocycles. The van der Waals surface area contributed by atoms with E-state index in [1.54, 1.807) is 21.0 Å². The van der Waals surface area contributed by atoms with Crippen LogP contribution in [0.25, 0.3) is 0 Å². The molecule has 5 aliphatic rings. The Morgan fingerprint density at radius 3 is 2.32 bits per heavy atom. The van der Waals surface area contributed by atoms with Crippen LogP contribution in [0, 0.1) is 45.3 Å². The minimum absolute atomic E-state index is 0.0488. The van der Waals surface area contributed by atoms with E-state index in [2.05, 4.69) is 26.8 Å². The lowest BCUT2D eigenvalue weighted by molar-refractivity contribution is -0.175. The number of hydrogen-bond donors (Lipinski definition) is 1. The average Bonchev–Trinajstić information content (AvgIpc) is 2.92. The first-order chi connectivity index (χ1) is 16.9. The number of ketones is 3. The predicted octanol–water partition coefficient (Wildman–Crippen LogP) is 4.71. The SMILES string of the molecule is CO[C@H]1C[C@@H]2C(=CC[C@@H]3[C@@]2(C)C(=O)C[C@]2(C)[C@H]4[C@H](C)C(=O)C[C@@H](C(C)(C)O)O[C@@H]4C[C@@]32C)C(C)(C)C1=O. The maximum atomic E-state index is 14.4. The Hall–Kier alpha value is -1.37. The largest absolute Gasteiger partial charge is 0.388 e. The van der Waals surface area contributed by atoms with Crippen LogP contribution >= 0.6 is 0 Å². The van der Waals surface area contributed by atoms with Crippen LogP contribution in [0.1, 0.15) is 87.5 Å². The first-order valence-corrected chi connectivity index (χ1v) is 14.2. The van der Waals surface area contributed by atoms with Crippen LogP contribution in [0.15, 0.2) is 11.6 Å². The van der Waals surface area contributed by atoms with Gasteiger partial charge in [-0.2, -0.15) is 0 Å². The summed E-state index contributed by atoms with van der Waals surface area (Å²) < 4.78 is 12.3. The molecule has 206 valence electrons. The number of rotatable bonds is 2. The van der Waals surface area contributed by atoms with Crippen molar-refractivity contribution in [3.8, 4) is 0 Å². The molecular formula is C31H46O6. The highest BCUT2D eigenvalue weighted by Gasteiger charge is 2.73. The standard InChI is InChI=1S/C31H46O6/c1-16-19(32)13-24(28(4,5)35)37-21-14-29(6)22-11-10-17-18(12-20(36-9)26(34)27(17,2)3)31(22,8)23(33)15-30(29,7)25(16)21/h10,16,18,20-22,24-25,35H,11-15H2,1-9H3/t16-,18-,20+,21-,22+,24+,25+,29+,30-,31+/m1/s1. The maximum Gasteiger partial charge on any atom is 0.171 e. The quantitative estimate of drug-likeness (QED) is 0.537. The molecule has 0 aromatic heterocycles. The number of ether oxygens (including phenoxy) is 2. The average molecular weight is 515 g/mol. The molecule has 0 radical (unpaired) electrons. The highest BCUT2D eigenvalue weighted by molar-refractivity contribution is 5.95. The van der Waals surface area contributed by atoms with Crippen molar-refractivity contribution in [1.82, 2.24) is 0 Å². The zero-order chi connectivity index (χ0) is 27.5. The lowest BCUT2D eigenvalue weighted by Gasteiger charge is -2.64. The van der Waals surface area contributed by atoms with Crippen LogP contribution in [-0.4, -0.2) is 53.5 Å². The van der Waals surface area contributed by atoms with Crippen LogP contribution in [0.2, 0.25) is 0 Å². The lowest BCUT2D eigenvalue weighted by atomic mass is 9.38. The first-order valence-electron chi connectivity index (χ1n) is 14.2. The molecule has 10 atom stereocenters. The molecule has 0 amide bonds. The molecule has 6 heteroatoms. The highest BCUT2D eigenvalue weighted by atomic mass is 16.5. The van der Waals surface area contributed by atoms with E-state index in [4.69, 9.17) is 9.47 Å². The van der Waals surface area contributed by atoms with Crippen molar-refractivity contribution in [2.75, 3.05) is 7.11 Å². The smallest absolute Gasteiger partial charge is 0.171 e. The van der Waals surface area contributed by atoms with Crippen LogP contribution < -0.4 is 0 Å². The molecule has 3 saturated carbocycles. The Morgan fingerprint density at radius 1 is 1.08 bits per heavy atom. The molecule has 1 saturated heterocycles. The van der Waals surface area contributed by atoms with E-state index in [-0.39, 0.29) is 59.0 Å². The van der Waals surface area contributed by atoms with Crippen LogP contribution in [0.3, 0.4) is 0 Å². The fraction of sp³-hybridized carbons (Fsp3) is 0.839. The Morgan fingerprint density at radius 2 is 1.73 bits per heavy atom. The van der Waals surface area contributed by atoms with Crippen molar-refractivity contribution >= 4 is 17.3 Å². The van der Waals surface area contributed by atoms with Gasteiger partial charge in [0.1, 0.15) is 17.7 Å². The Balaban J connectivity index is 1.62. The summed E-state index contributed by atoms with van der Waals surface area (Å²) in [5, 5.41) is 10.8. The molecule has 1 heterocycles. The number of carbonyl (C=O) groups excluding carboxylic acids is 3. The van der Waals surface area contributed by atoms with Gasteiger partial charge in [0.2, 0.25) is 0 Å². The monoisotopic (exact) mass is 514 g/mol. The number of Topliss-reactive ketones (excluding diaryl/α,β-unsaturated/α-hetero) is 3. The summed E-state index contributed by atoms with van der Waals surface area (Å²) in [6.45, 7) is 16.1. The minimum Gasteiger partial charge on any atom is -0.388 e. The third-order valence-electron chi connectivity index (χ3n) is 12.3. The van der Waals surface area contributed by atoms with Crippen molar-refractivity contribution in [3.63, 3.8) is 0 Å². The molecule has 0 unspecified atom stereocenters. The van der Waals surface area contributed by atoms with E-state index >= 15 is 0 Å². The van der Waals surface area contributed by atoms with E-state index in [0.717, 1.165) is 18.4 Å². The summed E-state index contributed by atoms with van der Waals surface area (Å²) in [4.78, 5) is 41.1. The number of methoxy groups -OCH3 is 1. The van der Waals surface area contributed by atoms with Gasteiger partial charge in [0.05, 0.1) is 17.8 Å². The van der Waals surface area contributed by atoms with Gasteiger partial charge >= 0.3 is 0 Å². The van der Waals surface area contributed by atoms with Crippen molar-refractivity contribution in [2.24, 2.45) is 45.3 Å². The van der Waals surface area contributed by atoms with E-state index in [9.17, 15) is 19.5 Å². The van der Waals surface area contributed by atoms with Crippen molar-refractivity contribution in [3.05, 3.63) is 11.6 Å². The summed E-state index contributed by atoms with van der Waals surface area (Å²) in [6.07, 6.45) is 3.65. The van der Waals surface area contributed by atoms with Gasteiger partial charge in [-0.05, 0) is 69.6 Å². The summed E-state index contributed by atoms with van der Waals surface area (Å²) in [5.41, 5.74) is -1.93. The van der Waals surface area contributed by atoms with E-state index in [1.165, 1.54) is 0 Å². The van der Waals surface area contributed by atoms with Gasteiger partial charge in [-0.1, -0.05) is 39.3 Å². The first kappa shape index (κ1) is 27.2. The number of fused-ring (bicyclic) bond motifs is 7. The zero-order valence-corrected chi connectivity index (χ0v) is 24.1. The Labute approximate surface area is 221 Å². The lowest BCUT2D eigenvalue weighted by Crippen LogP contribution is -2.64. The van der Waals surface area contributed by atoms with E-state index in [1.807, 2.05) is 20.8 Å². The van der Waals surface area contributed by atoms with Gasteiger partial charge in [-0.15, -0.1) is 0 Å². The van der Waals surface area contributed by atoms with Crippen LogP contribution in [0.4, 0.5) is 0 Å². The summed E-state index contributed by atoms with van der Waals surface area (Å²) in [6, 6.07) is 0. The van der Waals surface area contributed by atoms with Gasteiger partial charge < -0.3 is 14.6 Å². The summed E-state index contributed by atoms with van der Waals surface area (Å²) in [7, 11) is 1.59. The van der Waals surface area contributed by atoms with Gasteiger partial charge in [0.15, 0.2) is 5.78 Å². The number of allylic oxidation sites excluding steroid dienone is 2. The van der Waals surface area contributed by atoms with Crippen molar-refractivity contribution in [1.29, 1.82) is 0 Å². The molecule has 1 N–H and O–H groups in total. The molecule has 6 nitrogen and oxygen atoms in total. The molecule has 0 aromatic carbocycles. The second-order valence-corrected chi connectivity index (χ2v) is 14.7. The Kier molecular flexibility index (Phi) is 5.94. The molecule has 37 heavy (non-hydrogen) atoms. The van der Waals surface area contributed by atoms with Gasteiger partial charge in [0, 0.05) is 42.6 Å². The number of carbonyl (C=O) groups is 3. The van der Waals surface area contributed by atoms with Gasteiger partial charge in [-0.25, -0.2) is 0 Å². The van der Waals surface area contributed by atoms with Crippen LogP contribution in [0.5, 0.6) is 0 Å². The third-order valence-corrected chi connectivity index (χ3v) is 12.3. The molecule has 0 bridgehead atoms. The molecular weight excluding hydrogens is 468 g/mol. The fourth-order valence-corrected chi connectivity index (χ4v) is 9.84. The summed E-state index contributed by atoms with van der Waals surface area (Å²) >= 11 is 0. The second kappa shape index (κ2) is 8.08. The van der Waals surface area contributed by atoms with Gasteiger partial charge in [-0.3, -0.25) is 14.4 Å².